The molecule has 0 spiro atoms. The highest BCUT2D eigenvalue weighted by atomic mass is 16.5. The molecule has 5 nitrogen and oxygen atoms in total. The van der Waals surface area contributed by atoms with Crippen LogP contribution in [0.1, 0.15) is 34.3 Å². The highest BCUT2D eigenvalue weighted by Crippen LogP contribution is 2.40. The van der Waals surface area contributed by atoms with Crippen LogP contribution < -0.4 is 10.1 Å². The second-order valence-corrected chi connectivity index (χ2v) is 6.07. The molecule has 2 aromatic heterocycles. The van der Waals surface area contributed by atoms with Crippen molar-refractivity contribution in [3.05, 3.63) is 83.3 Å². The van der Waals surface area contributed by atoms with Crippen molar-refractivity contribution in [1.29, 1.82) is 0 Å². The number of pyridine rings is 2. The molecule has 25 heavy (non-hydrogen) atoms. The van der Waals surface area contributed by atoms with Crippen LogP contribution in [-0.2, 0) is 0 Å². The number of nitrogens with zero attached hydrogens (tertiary/aromatic N) is 2. The number of anilines is 1. The monoisotopic (exact) mass is 333 g/mol. The summed E-state index contributed by atoms with van der Waals surface area (Å²) in [5, 5.41) is 14.0. The number of hydrogen-bond donors (Lipinski definition) is 2. The van der Waals surface area contributed by atoms with Crippen LogP contribution in [0.2, 0.25) is 0 Å². The topological polar surface area (TPSA) is 67.3 Å². The van der Waals surface area contributed by atoms with Crippen LogP contribution in [0.5, 0.6) is 5.75 Å². The van der Waals surface area contributed by atoms with Crippen molar-refractivity contribution in [2.45, 2.75) is 12.0 Å². The van der Waals surface area contributed by atoms with Gasteiger partial charge in [-0.05, 0) is 18.2 Å². The minimum Gasteiger partial charge on any atom is -0.496 e. The van der Waals surface area contributed by atoms with Crippen LogP contribution in [0.3, 0.4) is 0 Å². The van der Waals surface area contributed by atoms with Crippen LogP contribution in [0.15, 0.2) is 61.1 Å². The van der Waals surface area contributed by atoms with Gasteiger partial charge in [0.2, 0.25) is 0 Å². The van der Waals surface area contributed by atoms with Crippen molar-refractivity contribution in [2.24, 2.45) is 0 Å². The Labute approximate surface area is 146 Å². The molecule has 1 aromatic carbocycles. The number of nitrogens with one attached hydrogen (secondary N) is 1. The lowest BCUT2D eigenvalue weighted by atomic mass is 9.91. The fourth-order valence-electron chi connectivity index (χ4n) is 3.33. The molecule has 5 heteroatoms. The summed E-state index contributed by atoms with van der Waals surface area (Å²) in [7, 11) is 1.68. The number of aliphatic hydroxyl groups excluding tert-OH is 1. The lowest BCUT2D eigenvalue weighted by Gasteiger charge is -2.16. The zero-order valence-electron chi connectivity index (χ0n) is 13.9. The third kappa shape index (κ3) is 2.83. The molecule has 0 fully saturated rings. The van der Waals surface area contributed by atoms with Gasteiger partial charge in [-0.1, -0.05) is 24.3 Å². The highest BCUT2D eigenvalue weighted by molar-refractivity contribution is 5.59. The Balaban J connectivity index is 1.73. The molecular formula is C20H19N3O2. The van der Waals surface area contributed by atoms with Gasteiger partial charge in [-0.25, -0.2) is 4.98 Å². The van der Waals surface area contributed by atoms with Crippen molar-refractivity contribution >= 4 is 5.82 Å². The second kappa shape index (κ2) is 6.53. The van der Waals surface area contributed by atoms with Crippen LogP contribution in [0.25, 0.3) is 0 Å². The van der Waals surface area contributed by atoms with E-state index in [4.69, 9.17) is 4.74 Å². The molecule has 2 N–H and O–H groups in total. The summed E-state index contributed by atoms with van der Waals surface area (Å²) in [6.45, 7) is 0.759. The fraction of sp³-hybridized carbons (Fsp3) is 0.200. The van der Waals surface area contributed by atoms with Crippen LogP contribution >= 0.6 is 0 Å². The van der Waals surface area contributed by atoms with E-state index in [2.05, 4.69) is 21.4 Å². The van der Waals surface area contributed by atoms with Crippen molar-refractivity contribution in [2.75, 3.05) is 19.0 Å². The zero-order valence-corrected chi connectivity index (χ0v) is 13.9. The first kappa shape index (κ1) is 15.6. The van der Waals surface area contributed by atoms with E-state index in [1.165, 1.54) is 0 Å². The number of fused-ring (bicyclic) bond motifs is 1. The Bertz CT molecular complexity index is 883. The van der Waals surface area contributed by atoms with E-state index in [1.807, 2.05) is 36.4 Å². The fourth-order valence-corrected chi connectivity index (χ4v) is 3.33. The van der Waals surface area contributed by atoms with Gasteiger partial charge >= 0.3 is 0 Å². The Morgan fingerprint density at radius 3 is 2.80 bits per heavy atom. The molecule has 3 aromatic rings. The van der Waals surface area contributed by atoms with Gasteiger partial charge in [0.25, 0.3) is 0 Å². The average molecular weight is 333 g/mol. The Morgan fingerprint density at radius 1 is 1.12 bits per heavy atom. The molecule has 126 valence electrons. The maximum Gasteiger partial charge on any atom is 0.129 e. The molecule has 4 rings (SSSR count). The number of ether oxygens (including phenoxy) is 1. The van der Waals surface area contributed by atoms with Crippen molar-refractivity contribution in [3.63, 3.8) is 0 Å². The lowest BCUT2D eigenvalue weighted by Crippen LogP contribution is -2.06. The molecule has 2 atom stereocenters. The molecule has 1 aliphatic rings. The first-order valence-electron chi connectivity index (χ1n) is 8.22. The Hall–Kier alpha value is -2.92. The van der Waals surface area contributed by atoms with Gasteiger partial charge in [0.05, 0.1) is 7.11 Å². The van der Waals surface area contributed by atoms with Gasteiger partial charge in [0.15, 0.2) is 0 Å². The number of benzene rings is 1. The first-order chi connectivity index (χ1) is 12.3. The minimum atomic E-state index is -0.745. The molecule has 0 amide bonds. The van der Waals surface area contributed by atoms with Crippen molar-refractivity contribution in [3.8, 4) is 5.75 Å². The second-order valence-electron chi connectivity index (χ2n) is 6.07. The summed E-state index contributed by atoms with van der Waals surface area (Å²) in [5.74, 6) is 1.86. The third-order valence-corrected chi connectivity index (χ3v) is 4.62. The standard InChI is InChI=1S/C20H19N3O2/c1-25-18-7-3-2-6-15(18)17-12-23-20-16(17)9-14(11-22-20)19(24)13-5-4-8-21-10-13/h2-11,17,19,24H,12H2,1H3,(H,22,23). The molecule has 0 saturated carbocycles. The maximum atomic E-state index is 10.7. The highest BCUT2D eigenvalue weighted by Gasteiger charge is 2.28. The number of methoxy groups -OCH3 is 1. The largest absolute Gasteiger partial charge is 0.496 e. The molecule has 3 heterocycles. The molecule has 0 radical (unpaired) electrons. The normalized spacial score (nSPS) is 16.8. The summed E-state index contributed by atoms with van der Waals surface area (Å²) in [6.07, 6.45) is 4.34. The Kier molecular flexibility index (Phi) is 4.07. The van der Waals surface area contributed by atoms with E-state index < -0.39 is 6.10 Å². The molecular weight excluding hydrogens is 314 g/mol. The summed E-state index contributed by atoms with van der Waals surface area (Å²) < 4.78 is 5.51. The quantitative estimate of drug-likeness (QED) is 0.768. The minimum absolute atomic E-state index is 0.139. The van der Waals surface area contributed by atoms with Crippen LogP contribution in [0.4, 0.5) is 5.82 Å². The molecule has 2 unspecified atom stereocenters. The van der Waals surface area contributed by atoms with Gasteiger partial charge in [-0.15, -0.1) is 0 Å². The van der Waals surface area contributed by atoms with Crippen molar-refractivity contribution in [1.82, 2.24) is 9.97 Å². The molecule has 1 aliphatic heterocycles. The molecule has 0 bridgehead atoms. The Morgan fingerprint density at radius 2 is 2.00 bits per heavy atom. The number of para-hydroxylation sites is 1. The van der Waals surface area contributed by atoms with E-state index in [-0.39, 0.29) is 5.92 Å². The van der Waals surface area contributed by atoms with Gasteiger partial charge in [-0.3, -0.25) is 4.98 Å². The van der Waals surface area contributed by atoms with Gasteiger partial charge < -0.3 is 15.2 Å². The molecule has 0 saturated heterocycles. The van der Waals surface area contributed by atoms with Crippen LogP contribution in [-0.4, -0.2) is 28.7 Å². The van der Waals surface area contributed by atoms with Gasteiger partial charge in [-0.2, -0.15) is 0 Å². The van der Waals surface area contributed by atoms with Crippen LogP contribution in [0, 0.1) is 0 Å². The third-order valence-electron chi connectivity index (χ3n) is 4.62. The number of hydrogen-bond acceptors (Lipinski definition) is 5. The lowest BCUT2D eigenvalue weighted by molar-refractivity contribution is 0.219. The maximum absolute atomic E-state index is 10.7. The number of aromatic nitrogens is 2. The zero-order chi connectivity index (χ0) is 17.2. The van der Waals surface area contributed by atoms with Gasteiger partial charge in [0, 0.05) is 53.3 Å². The van der Waals surface area contributed by atoms with E-state index >= 15 is 0 Å². The summed E-state index contributed by atoms with van der Waals surface area (Å²) in [6, 6.07) is 13.7. The van der Waals surface area contributed by atoms with E-state index in [0.717, 1.165) is 40.4 Å². The average Bonchev–Trinajstić information content (AvgIpc) is 3.11. The van der Waals surface area contributed by atoms with E-state index in [0.29, 0.717) is 0 Å². The SMILES string of the molecule is COc1ccccc1C1CNc2ncc(C(O)c3cccnc3)cc21. The number of rotatable bonds is 4. The van der Waals surface area contributed by atoms with Crippen molar-refractivity contribution < 1.29 is 9.84 Å². The predicted octanol–water partition coefficient (Wildman–Crippen LogP) is 3.12. The predicted molar refractivity (Wildman–Crippen MR) is 95.9 cm³/mol. The van der Waals surface area contributed by atoms with E-state index in [9.17, 15) is 5.11 Å². The summed E-state index contributed by atoms with van der Waals surface area (Å²) in [4.78, 5) is 8.58. The smallest absolute Gasteiger partial charge is 0.129 e. The molecule has 0 aliphatic carbocycles. The number of aliphatic hydroxyl groups is 1. The summed E-state index contributed by atoms with van der Waals surface area (Å²) in [5.41, 5.74) is 3.70. The van der Waals surface area contributed by atoms with E-state index in [1.54, 1.807) is 25.7 Å². The first-order valence-corrected chi connectivity index (χ1v) is 8.22. The van der Waals surface area contributed by atoms with Gasteiger partial charge in [0.1, 0.15) is 17.7 Å². The summed E-state index contributed by atoms with van der Waals surface area (Å²) >= 11 is 0.